The van der Waals surface area contributed by atoms with Crippen LogP contribution in [0.2, 0.25) is 5.02 Å². The molecule has 10 heteroatoms. The topological polar surface area (TPSA) is 64.7 Å². The summed E-state index contributed by atoms with van der Waals surface area (Å²) in [6.45, 7) is 4.46. The van der Waals surface area contributed by atoms with E-state index in [1.54, 1.807) is 0 Å². The van der Waals surface area contributed by atoms with Gasteiger partial charge in [0, 0.05) is 37.9 Å². The number of rotatable bonds is 6. The largest absolute Gasteiger partial charge is 0.417 e. The van der Waals surface area contributed by atoms with Gasteiger partial charge in [0.1, 0.15) is 0 Å². The van der Waals surface area contributed by atoms with Crippen LogP contribution in [0.5, 0.6) is 0 Å². The second-order valence-electron chi connectivity index (χ2n) is 8.57. The highest BCUT2D eigenvalue weighted by Gasteiger charge is 2.33. The highest BCUT2D eigenvalue weighted by molar-refractivity contribution is 6.31. The van der Waals surface area contributed by atoms with Crippen molar-refractivity contribution < 1.29 is 22.8 Å². The van der Waals surface area contributed by atoms with Crippen LogP contribution in [0.1, 0.15) is 44.6 Å². The summed E-state index contributed by atoms with van der Waals surface area (Å²) < 4.78 is 39.0. The molecule has 1 aliphatic carbocycles. The van der Waals surface area contributed by atoms with Crippen LogP contribution in [0.15, 0.2) is 18.2 Å². The minimum Gasteiger partial charge on any atom is -0.352 e. The fourth-order valence-corrected chi connectivity index (χ4v) is 4.49. The molecule has 1 saturated heterocycles. The van der Waals surface area contributed by atoms with Crippen molar-refractivity contribution in [3.8, 4) is 0 Å². The van der Waals surface area contributed by atoms with Gasteiger partial charge < -0.3 is 10.6 Å². The van der Waals surface area contributed by atoms with Gasteiger partial charge in [-0.05, 0) is 38.0 Å². The minimum absolute atomic E-state index is 0.0475. The summed E-state index contributed by atoms with van der Waals surface area (Å²) in [5.41, 5.74) is -0.926. The normalized spacial score (nSPS) is 20.0. The molecule has 1 atom stereocenters. The molecule has 2 N–H and O–H groups in total. The lowest BCUT2D eigenvalue weighted by atomic mass is 9.95. The second kappa shape index (κ2) is 10.9. The number of alkyl halides is 3. The van der Waals surface area contributed by atoms with E-state index in [1.165, 1.54) is 12.5 Å². The molecule has 1 unspecified atom stereocenters. The molecule has 178 valence electrons. The molecule has 0 aromatic heterocycles. The third kappa shape index (κ3) is 6.83. The van der Waals surface area contributed by atoms with E-state index in [4.69, 9.17) is 11.6 Å². The lowest BCUT2D eigenvalue weighted by Crippen LogP contribution is -2.55. The van der Waals surface area contributed by atoms with E-state index < -0.39 is 22.7 Å². The van der Waals surface area contributed by atoms with Crippen LogP contribution in [-0.2, 0) is 15.8 Å². The zero-order chi connectivity index (χ0) is 23.3. The summed E-state index contributed by atoms with van der Waals surface area (Å²) in [6.07, 6.45) is 1.05. The number of anilines is 1. The first-order valence-electron chi connectivity index (χ1n) is 11.1. The quantitative estimate of drug-likeness (QED) is 0.659. The average molecular weight is 475 g/mol. The molecule has 1 heterocycles. The highest BCUT2D eigenvalue weighted by Crippen LogP contribution is 2.36. The molecule has 0 spiro atoms. The second-order valence-corrected chi connectivity index (χ2v) is 8.98. The maximum atomic E-state index is 13.0. The van der Waals surface area contributed by atoms with E-state index in [0.717, 1.165) is 37.8 Å². The number of hydrogen-bond donors (Lipinski definition) is 2. The molecule has 1 aliphatic heterocycles. The molecule has 1 aromatic rings. The van der Waals surface area contributed by atoms with Gasteiger partial charge in [-0.2, -0.15) is 13.2 Å². The zero-order valence-corrected chi connectivity index (χ0v) is 18.9. The predicted octanol–water partition coefficient (Wildman–Crippen LogP) is 3.75. The monoisotopic (exact) mass is 474 g/mol. The van der Waals surface area contributed by atoms with Crippen LogP contribution in [0, 0.1) is 0 Å². The van der Waals surface area contributed by atoms with E-state index in [-0.39, 0.29) is 30.2 Å². The standard InChI is InChI=1S/C22H30ClF3N4O2/c1-15(21(32)28-16-5-3-2-4-6-16)30-11-9-29(10-12-30)14-20(31)27-17-7-8-19(23)18(13-17)22(24,25)26/h7-8,13,15-16H,2-6,9-12,14H2,1H3,(H,27,31)(H,28,32). The van der Waals surface area contributed by atoms with Crippen LogP contribution in [0.3, 0.4) is 0 Å². The first kappa shape index (κ1) is 24.8. The smallest absolute Gasteiger partial charge is 0.352 e. The Morgan fingerprint density at radius 2 is 1.78 bits per heavy atom. The Kier molecular flexibility index (Phi) is 8.41. The Bertz CT molecular complexity index is 807. The van der Waals surface area contributed by atoms with Gasteiger partial charge in [0.05, 0.1) is 23.2 Å². The lowest BCUT2D eigenvalue weighted by molar-refractivity contribution is -0.137. The van der Waals surface area contributed by atoms with Crippen LogP contribution < -0.4 is 10.6 Å². The van der Waals surface area contributed by atoms with E-state index in [1.807, 2.05) is 11.8 Å². The number of amides is 2. The summed E-state index contributed by atoms with van der Waals surface area (Å²) in [6, 6.07) is 3.35. The highest BCUT2D eigenvalue weighted by atomic mass is 35.5. The Labute approximate surface area is 191 Å². The Morgan fingerprint density at radius 1 is 1.12 bits per heavy atom. The molecule has 2 aliphatic rings. The minimum atomic E-state index is -4.59. The van der Waals surface area contributed by atoms with Crippen LogP contribution in [0.4, 0.5) is 18.9 Å². The zero-order valence-electron chi connectivity index (χ0n) is 18.2. The summed E-state index contributed by atoms with van der Waals surface area (Å²) in [4.78, 5) is 28.9. The first-order chi connectivity index (χ1) is 15.1. The molecule has 32 heavy (non-hydrogen) atoms. The van der Waals surface area contributed by atoms with Crippen molar-refractivity contribution in [1.82, 2.24) is 15.1 Å². The SMILES string of the molecule is CC(C(=O)NC1CCCCC1)N1CCN(CC(=O)Nc2ccc(Cl)c(C(F)(F)F)c2)CC1. The number of halogens is 4. The van der Waals surface area contributed by atoms with Crippen molar-refractivity contribution in [3.05, 3.63) is 28.8 Å². The van der Waals surface area contributed by atoms with Gasteiger partial charge in [0.25, 0.3) is 0 Å². The Hall–Kier alpha value is -1.84. The van der Waals surface area contributed by atoms with Gasteiger partial charge in [-0.25, -0.2) is 0 Å². The van der Waals surface area contributed by atoms with Gasteiger partial charge in [0.15, 0.2) is 0 Å². The third-order valence-electron chi connectivity index (χ3n) is 6.21. The molecule has 2 fully saturated rings. The molecule has 0 bridgehead atoms. The number of nitrogens with one attached hydrogen (secondary N) is 2. The Balaban J connectivity index is 1.44. The van der Waals surface area contributed by atoms with Crippen molar-refractivity contribution in [2.75, 3.05) is 38.0 Å². The number of piperazine rings is 1. The van der Waals surface area contributed by atoms with Crippen LogP contribution in [-0.4, -0.2) is 66.4 Å². The third-order valence-corrected chi connectivity index (χ3v) is 6.54. The van der Waals surface area contributed by atoms with Crippen molar-refractivity contribution >= 4 is 29.1 Å². The van der Waals surface area contributed by atoms with Crippen LogP contribution >= 0.6 is 11.6 Å². The van der Waals surface area contributed by atoms with Crippen molar-refractivity contribution in [2.24, 2.45) is 0 Å². The first-order valence-corrected chi connectivity index (χ1v) is 11.4. The molecule has 1 saturated carbocycles. The van der Waals surface area contributed by atoms with E-state index in [0.29, 0.717) is 26.2 Å². The molecular formula is C22H30ClF3N4O2. The van der Waals surface area contributed by atoms with Gasteiger partial charge in [-0.1, -0.05) is 30.9 Å². The number of benzene rings is 1. The predicted molar refractivity (Wildman–Crippen MR) is 118 cm³/mol. The fourth-order valence-electron chi connectivity index (χ4n) is 4.27. The lowest BCUT2D eigenvalue weighted by Gasteiger charge is -2.37. The number of carbonyl (C=O) groups excluding carboxylic acids is 2. The summed E-state index contributed by atoms with van der Waals surface area (Å²) in [7, 11) is 0. The molecule has 1 aromatic carbocycles. The van der Waals surface area contributed by atoms with Crippen molar-refractivity contribution in [1.29, 1.82) is 0 Å². The van der Waals surface area contributed by atoms with E-state index in [2.05, 4.69) is 15.5 Å². The van der Waals surface area contributed by atoms with Gasteiger partial charge in [0.2, 0.25) is 11.8 Å². The summed E-state index contributed by atoms with van der Waals surface area (Å²) in [5, 5.41) is 5.26. The van der Waals surface area contributed by atoms with Crippen molar-refractivity contribution in [2.45, 2.75) is 57.3 Å². The van der Waals surface area contributed by atoms with Crippen molar-refractivity contribution in [3.63, 3.8) is 0 Å². The average Bonchev–Trinajstić information content (AvgIpc) is 2.75. The number of carbonyl (C=O) groups is 2. The molecule has 3 rings (SSSR count). The summed E-state index contributed by atoms with van der Waals surface area (Å²) >= 11 is 5.61. The molecule has 0 radical (unpaired) electrons. The van der Waals surface area contributed by atoms with E-state index >= 15 is 0 Å². The van der Waals surface area contributed by atoms with Crippen LogP contribution in [0.25, 0.3) is 0 Å². The van der Waals surface area contributed by atoms with Gasteiger partial charge in [-0.15, -0.1) is 0 Å². The molecule has 2 amide bonds. The maximum Gasteiger partial charge on any atom is 0.417 e. The van der Waals surface area contributed by atoms with Gasteiger partial charge >= 0.3 is 6.18 Å². The fraction of sp³-hybridized carbons (Fsp3) is 0.636. The van der Waals surface area contributed by atoms with E-state index in [9.17, 15) is 22.8 Å². The maximum absolute atomic E-state index is 13.0. The van der Waals surface area contributed by atoms with Gasteiger partial charge in [-0.3, -0.25) is 19.4 Å². The number of hydrogen-bond acceptors (Lipinski definition) is 4. The molecular weight excluding hydrogens is 445 g/mol. The molecule has 6 nitrogen and oxygen atoms in total. The number of nitrogens with zero attached hydrogens (tertiary/aromatic N) is 2. The summed E-state index contributed by atoms with van der Waals surface area (Å²) in [5.74, 6) is -0.344. The Morgan fingerprint density at radius 3 is 2.41 bits per heavy atom.